The number of hydrogen-bond donors (Lipinski definition) is 2. The molecule has 0 aliphatic carbocycles. The molecule has 2 heterocycles. The lowest BCUT2D eigenvalue weighted by molar-refractivity contribution is -0.151. The Bertz CT molecular complexity index is 1150. The van der Waals surface area contributed by atoms with E-state index in [2.05, 4.69) is 10.6 Å². The molecule has 2 aliphatic heterocycles. The first-order valence-corrected chi connectivity index (χ1v) is 12.3. The molecule has 2 N–H and O–H groups in total. The number of nitrogens with zero attached hydrogens (tertiary/aromatic N) is 1. The summed E-state index contributed by atoms with van der Waals surface area (Å²) in [4.78, 5) is 39.6. The molecule has 0 unspecified atom stereocenters. The molecular weight excluding hydrogens is 449 g/mol. The normalized spacial score (nSPS) is 22.9. The van der Waals surface area contributed by atoms with Crippen molar-refractivity contribution in [3.05, 3.63) is 66.0 Å². The van der Waals surface area contributed by atoms with E-state index in [9.17, 15) is 27.2 Å². The molecule has 2 saturated heterocycles. The zero-order chi connectivity index (χ0) is 23.6. The first-order valence-electron chi connectivity index (χ1n) is 10.7. The van der Waals surface area contributed by atoms with Crippen molar-refractivity contribution in [3.8, 4) is 0 Å². The Hall–Kier alpha value is -3.27. The first kappa shape index (κ1) is 22.9. The van der Waals surface area contributed by atoms with Gasteiger partial charge in [-0.3, -0.25) is 14.4 Å². The zero-order valence-electron chi connectivity index (χ0n) is 17.7. The maximum absolute atomic E-state index is 13.1. The number of nitrogens with one attached hydrogen (secondary N) is 2. The van der Waals surface area contributed by atoms with Crippen LogP contribution in [0.3, 0.4) is 0 Å². The minimum absolute atomic E-state index is 0.0689. The lowest BCUT2D eigenvalue weighted by Crippen LogP contribution is -2.67. The second-order valence-electron chi connectivity index (χ2n) is 8.30. The van der Waals surface area contributed by atoms with Gasteiger partial charge in [0.15, 0.2) is 9.84 Å². The summed E-state index contributed by atoms with van der Waals surface area (Å²) < 4.78 is 37.9. The summed E-state index contributed by atoms with van der Waals surface area (Å²) in [5.74, 6) is -2.25. The third-order valence-corrected chi connectivity index (χ3v) is 7.58. The third-order valence-electron chi connectivity index (χ3n) is 5.94. The van der Waals surface area contributed by atoms with Crippen molar-refractivity contribution in [2.45, 2.75) is 42.3 Å². The fourth-order valence-corrected chi connectivity index (χ4v) is 5.45. The Morgan fingerprint density at radius 1 is 1.09 bits per heavy atom. The molecule has 33 heavy (non-hydrogen) atoms. The minimum atomic E-state index is -3.77. The number of halogens is 1. The van der Waals surface area contributed by atoms with Crippen LogP contribution < -0.4 is 10.6 Å². The van der Waals surface area contributed by atoms with Crippen molar-refractivity contribution in [1.82, 2.24) is 15.5 Å². The van der Waals surface area contributed by atoms with E-state index in [1.54, 1.807) is 30.3 Å². The van der Waals surface area contributed by atoms with Crippen LogP contribution in [0.25, 0.3) is 0 Å². The van der Waals surface area contributed by atoms with Crippen LogP contribution in [0.5, 0.6) is 0 Å². The summed E-state index contributed by atoms with van der Waals surface area (Å²) in [6, 6.07) is 11.6. The Morgan fingerprint density at radius 3 is 2.48 bits per heavy atom. The van der Waals surface area contributed by atoms with Gasteiger partial charge in [0.2, 0.25) is 17.7 Å². The number of rotatable bonds is 6. The van der Waals surface area contributed by atoms with E-state index in [0.29, 0.717) is 6.42 Å². The van der Waals surface area contributed by atoms with E-state index < -0.39 is 39.6 Å². The zero-order valence-corrected chi connectivity index (χ0v) is 18.6. The summed E-state index contributed by atoms with van der Waals surface area (Å²) in [5.41, 5.74) is 0.732. The van der Waals surface area contributed by atoms with Crippen molar-refractivity contribution in [2.24, 2.45) is 0 Å². The maximum atomic E-state index is 13.1. The van der Waals surface area contributed by atoms with Gasteiger partial charge in [-0.15, -0.1) is 0 Å². The Balaban J connectivity index is 1.35. The van der Waals surface area contributed by atoms with Gasteiger partial charge in [0, 0.05) is 19.0 Å². The van der Waals surface area contributed by atoms with Crippen LogP contribution in [0.2, 0.25) is 0 Å². The third kappa shape index (κ3) is 5.22. The van der Waals surface area contributed by atoms with E-state index in [-0.39, 0.29) is 41.9 Å². The predicted molar refractivity (Wildman–Crippen MR) is 117 cm³/mol. The smallest absolute Gasteiger partial charge is 0.246 e. The van der Waals surface area contributed by atoms with E-state index in [1.165, 1.54) is 29.2 Å². The summed E-state index contributed by atoms with van der Waals surface area (Å²) >= 11 is 0. The van der Waals surface area contributed by atoms with Gasteiger partial charge < -0.3 is 15.5 Å². The number of fused-ring (bicyclic) bond motifs is 1. The van der Waals surface area contributed by atoms with E-state index in [4.69, 9.17) is 0 Å². The molecular formula is C23H24FN3O5S. The van der Waals surface area contributed by atoms with Gasteiger partial charge in [-0.2, -0.15) is 0 Å². The topological polar surface area (TPSA) is 113 Å². The minimum Gasteiger partial charge on any atom is -0.352 e. The van der Waals surface area contributed by atoms with Crippen LogP contribution in [0, 0.1) is 5.82 Å². The molecule has 0 saturated carbocycles. The highest BCUT2D eigenvalue weighted by molar-refractivity contribution is 7.92. The Labute approximate surface area is 191 Å². The molecule has 8 nitrogen and oxygen atoms in total. The van der Waals surface area contributed by atoms with Crippen LogP contribution in [0.1, 0.15) is 18.4 Å². The first-order chi connectivity index (χ1) is 15.7. The lowest BCUT2D eigenvalue weighted by Gasteiger charge is -2.44. The summed E-state index contributed by atoms with van der Waals surface area (Å²) in [5, 5.41) is 5.43. The summed E-state index contributed by atoms with van der Waals surface area (Å²) in [6.07, 6.45) is 0.874. The Morgan fingerprint density at radius 2 is 1.79 bits per heavy atom. The number of hydrogen-bond acceptors (Lipinski definition) is 5. The number of sulfone groups is 1. The van der Waals surface area contributed by atoms with Crippen molar-refractivity contribution in [1.29, 1.82) is 0 Å². The highest BCUT2D eigenvalue weighted by Crippen LogP contribution is 2.24. The van der Waals surface area contributed by atoms with Gasteiger partial charge in [-0.1, -0.05) is 30.3 Å². The number of amides is 3. The van der Waals surface area contributed by atoms with Gasteiger partial charge >= 0.3 is 0 Å². The van der Waals surface area contributed by atoms with Crippen LogP contribution >= 0.6 is 0 Å². The second-order valence-corrected chi connectivity index (χ2v) is 10.3. The molecule has 3 amide bonds. The number of carbonyl (C=O) groups excluding carboxylic acids is 3. The molecule has 3 atom stereocenters. The van der Waals surface area contributed by atoms with Crippen LogP contribution in [-0.2, 0) is 30.6 Å². The number of piperidine rings is 1. The highest BCUT2D eigenvalue weighted by Gasteiger charge is 2.44. The van der Waals surface area contributed by atoms with Gasteiger partial charge in [-0.05, 0) is 42.7 Å². The summed E-state index contributed by atoms with van der Waals surface area (Å²) in [7, 11) is -3.77. The average molecular weight is 474 g/mol. The molecule has 0 radical (unpaired) electrons. The van der Waals surface area contributed by atoms with Crippen molar-refractivity contribution in [2.75, 3.05) is 12.3 Å². The highest BCUT2D eigenvalue weighted by atomic mass is 32.2. The average Bonchev–Trinajstić information content (AvgIpc) is 2.79. The van der Waals surface area contributed by atoms with E-state index in [1.807, 2.05) is 0 Å². The van der Waals surface area contributed by atoms with Gasteiger partial charge in [0.05, 0.1) is 4.90 Å². The lowest BCUT2D eigenvalue weighted by atomic mass is 9.91. The van der Waals surface area contributed by atoms with Gasteiger partial charge in [0.1, 0.15) is 23.7 Å². The molecule has 2 aromatic rings. The molecule has 2 aromatic carbocycles. The SMILES string of the molecule is O=C(CS(=O)(=O)c1ccccc1)N[C@H]1CCN2C(=O)[C@H](Cc3ccc(F)cc3)NC(=O)[C@@H]2C1. The van der Waals surface area contributed by atoms with Crippen LogP contribution in [0.15, 0.2) is 59.5 Å². The van der Waals surface area contributed by atoms with Crippen molar-refractivity contribution >= 4 is 27.6 Å². The molecule has 0 bridgehead atoms. The largest absolute Gasteiger partial charge is 0.352 e. The number of piperazine rings is 1. The molecule has 0 spiro atoms. The van der Waals surface area contributed by atoms with Gasteiger partial charge in [-0.25, -0.2) is 12.8 Å². The van der Waals surface area contributed by atoms with E-state index >= 15 is 0 Å². The summed E-state index contributed by atoms with van der Waals surface area (Å²) in [6.45, 7) is 0.271. The van der Waals surface area contributed by atoms with Gasteiger partial charge in [0.25, 0.3) is 0 Å². The van der Waals surface area contributed by atoms with Crippen molar-refractivity contribution < 1.29 is 27.2 Å². The van der Waals surface area contributed by atoms with Crippen LogP contribution in [-0.4, -0.2) is 61.5 Å². The molecule has 174 valence electrons. The molecule has 10 heteroatoms. The van der Waals surface area contributed by atoms with Crippen molar-refractivity contribution in [3.63, 3.8) is 0 Å². The molecule has 4 rings (SSSR count). The predicted octanol–water partition coefficient (Wildman–Crippen LogP) is 0.816. The molecule has 2 fully saturated rings. The maximum Gasteiger partial charge on any atom is 0.246 e. The quantitative estimate of drug-likeness (QED) is 0.645. The Kier molecular flexibility index (Phi) is 6.46. The molecule has 0 aromatic heterocycles. The fourth-order valence-electron chi connectivity index (χ4n) is 4.29. The number of carbonyl (C=O) groups is 3. The monoisotopic (exact) mass is 473 g/mol. The molecule has 2 aliphatic rings. The standard InChI is InChI=1S/C23H24FN3O5S/c24-16-8-6-15(7-9-16)12-19-23(30)27-11-10-17(13-20(27)22(29)26-19)25-21(28)14-33(31,32)18-4-2-1-3-5-18/h1-9,17,19-20H,10-14H2,(H,25,28)(H,26,29)/t17-,19-,20-/m0/s1. The second kappa shape index (κ2) is 9.30. The fraction of sp³-hybridized carbons (Fsp3) is 0.348. The van der Waals surface area contributed by atoms with Crippen LogP contribution in [0.4, 0.5) is 4.39 Å². The number of benzene rings is 2. The van der Waals surface area contributed by atoms with E-state index in [0.717, 1.165) is 5.56 Å².